The van der Waals surface area contributed by atoms with Crippen molar-refractivity contribution in [1.82, 2.24) is 9.97 Å². The highest BCUT2D eigenvalue weighted by molar-refractivity contribution is 6.25. The summed E-state index contributed by atoms with van der Waals surface area (Å²) >= 11 is 0. The number of hydrogen-bond donors (Lipinski definition) is 0. The highest BCUT2D eigenvalue weighted by Crippen LogP contribution is 2.56. The van der Waals surface area contributed by atoms with Crippen LogP contribution in [0.4, 0.5) is 0 Å². The molecule has 0 saturated heterocycles. The summed E-state index contributed by atoms with van der Waals surface area (Å²) in [5.41, 5.74) is 14.2. The molecule has 61 heavy (non-hydrogen) atoms. The molecule has 1 aromatic heterocycles. The van der Waals surface area contributed by atoms with Gasteiger partial charge in [0.2, 0.25) is 0 Å². The van der Waals surface area contributed by atoms with Gasteiger partial charge in [-0.2, -0.15) is 0 Å². The van der Waals surface area contributed by atoms with Crippen LogP contribution in [0.1, 0.15) is 22.3 Å². The van der Waals surface area contributed by atoms with Crippen molar-refractivity contribution in [2.24, 2.45) is 0 Å². The van der Waals surface area contributed by atoms with Gasteiger partial charge < -0.3 is 0 Å². The smallest absolute Gasteiger partial charge is 0.160 e. The van der Waals surface area contributed by atoms with Gasteiger partial charge in [-0.05, 0) is 101 Å². The van der Waals surface area contributed by atoms with Crippen molar-refractivity contribution in [2.75, 3.05) is 0 Å². The monoisotopic (exact) mass is 774 g/mol. The Bertz CT molecular complexity index is 3390. The van der Waals surface area contributed by atoms with Gasteiger partial charge in [0, 0.05) is 16.7 Å². The van der Waals surface area contributed by atoms with Gasteiger partial charge in [0.25, 0.3) is 0 Å². The summed E-state index contributed by atoms with van der Waals surface area (Å²) in [6, 6.07) is 83.4. The van der Waals surface area contributed by atoms with E-state index in [1.807, 2.05) is 0 Å². The van der Waals surface area contributed by atoms with Crippen molar-refractivity contribution in [2.45, 2.75) is 5.41 Å². The Morgan fingerprint density at radius 3 is 1.39 bits per heavy atom. The highest BCUT2D eigenvalue weighted by atomic mass is 14.9. The largest absolute Gasteiger partial charge is 0.228 e. The van der Waals surface area contributed by atoms with Crippen LogP contribution in [0.3, 0.4) is 0 Å². The average molecular weight is 775 g/mol. The van der Waals surface area contributed by atoms with Gasteiger partial charge in [0.15, 0.2) is 5.82 Å². The quantitative estimate of drug-likeness (QED) is 0.157. The van der Waals surface area contributed by atoms with E-state index in [0.29, 0.717) is 5.82 Å². The fourth-order valence-electron chi connectivity index (χ4n) is 10.0. The van der Waals surface area contributed by atoms with Crippen LogP contribution in [0.25, 0.3) is 88.5 Å². The first kappa shape index (κ1) is 35.0. The molecule has 12 rings (SSSR count). The van der Waals surface area contributed by atoms with Gasteiger partial charge in [-0.25, -0.2) is 9.97 Å². The second-order valence-electron chi connectivity index (χ2n) is 16.0. The number of fused-ring (bicyclic) bond motifs is 9. The van der Waals surface area contributed by atoms with Crippen molar-refractivity contribution >= 4 is 32.3 Å². The topological polar surface area (TPSA) is 25.8 Å². The van der Waals surface area contributed by atoms with Crippen LogP contribution in [0.15, 0.2) is 231 Å². The molecule has 0 unspecified atom stereocenters. The van der Waals surface area contributed by atoms with E-state index < -0.39 is 5.41 Å². The molecule has 0 atom stereocenters. The SMILES string of the molecule is c1ccc(-c2cccc(-c3cc(-c4ccc5c(c4)-c4ccccc4C5(c4ccccc4)c4ccccc4)nc(-c4ccc5c6ccccc6c6ccccc6c5c4)n3)c2)cc1. The minimum Gasteiger partial charge on any atom is -0.228 e. The summed E-state index contributed by atoms with van der Waals surface area (Å²) in [5.74, 6) is 0.695. The van der Waals surface area contributed by atoms with Gasteiger partial charge in [-0.1, -0.05) is 206 Å². The Morgan fingerprint density at radius 1 is 0.262 bits per heavy atom. The third-order valence-corrected chi connectivity index (χ3v) is 12.7. The second kappa shape index (κ2) is 14.1. The highest BCUT2D eigenvalue weighted by Gasteiger charge is 2.46. The Kier molecular flexibility index (Phi) is 8.11. The maximum absolute atomic E-state index is 5.45. The van der Waals surface area contributed by atoms with E-state index in [0.717, 1.165) is 33.6 Å². The Labute approximate surface area is 355 Å². The van der Waals surface area contributed by atoms with Gasteiger partial charge >= 0.3 is 0 Å². The predicted octanol–water partition coefficient (Wildman–Crippen LogP) is 15.0. The third kappa shape index (κ3) is 5.57. The Hall–Kier alpha value is -7.94. The van der Waals surface area contributed by atoms with Crippen molar-refractivity contribution in [3.8, 4) is 56.2 Å². The first-order valence-corrected chi connectivity index (χ1v) is 21.0. The van der Waals surface area contributed by atoms with E-state index in [9.17, 15) is 0 Å². The van der Waals surface area contributed by atoms with Crippen LogP contribution in [0, 0.1) is 0 Å². The van der Waals surface area contributed by atoms with Gasteiger partial charge in [0.05, 0.1) is 16.8 Å². The molecule has 0 aliphatic heterocycles. The average Bonchev–Trinajstić information content (AvgIpc) is 3.65. The first-order chi connectivity index (χ1) is 30.2. The molecular weight excluding hydrogens is 737 g/mol. The number of benzene rings is 10. The zero-order valence-electron chi connectivity index (χ0n) is 33.3. The minimum atomic E-state index is -0.467. The molecule has 2 nitrogen and oxygen atoms in total. The van der Waals surface area contributed by atoms with Crippen molar-refractivity contribution in [1.29, 1.82) is 0 Å². The fraction of sp³-hybridized carbons (Fsp3) is 0.0169. The summed E-state index contributed by atoms with van der Waals surface area (Å²) < 4.78 is 0. The van der Waals surface area contributed by atoms with Gasteiger partial charge in [-0.15, -0.1) is 0 Å². The minimum absolute atomic E-state index is 0.467. The summed E-state index contributed by atoms with van der Waals surface area (Å²) in [6.45, 7) is 0. The molecule has 0 N–H and O–H groups in total. The standard InChI is InChI=1S/C59H38N2/c1-4-17-39(18-5-1)40-19-16-20-41(35-40)56-38-57(61-58(60-56)43-31-33-50-48-27-11-10-25-46(48)47-26-12-13-28-49(47)52(50)37-43)42-32-34-55-53(36-42)51-29-14-15-30-54(51)59(55,44-21-6-2-7-22-44)45-23-8-3-9-24-45/h1-38H. The molecule has 10 aromatic carbocycles. The summed E-state index contributed by atoms with van der Waals surface area (Å²) in [4.78, 5) is 10.8. The molecule has 11 aromatic rings. The Morgan fingerprint density at radius 2 is 0.738 bits per heavy atom. The van der Waals surface area contributed by atoms with Crippen LogP contribution < -0.4 is 0 Å². The van der Waals surface area contributed by atoms with E-state index in [1.54, 1.807) is 0 Å². The van der Waals surface area contributed by atoms with Crippen LogP contribution in [-0.2, 0) is 5.41 Å². The number of nitrogens with zero attached hydrogens (tertiary/aromatic N) is 2. The van der Waals surface area contributed by atoms with E-state index in [2.05, 4.69) is 231 Å². The van der Waals surface area contributed by atoms with E-state index >= 15 is 0 Å². The van der Waals surface area contributed by atoms with Crippen molar-refractivity contribution in [3.63, 3.8) is 0 Å². The lowest BCUT2D eigenvalue weighted by atomic mass is 9.67. The lowest BCUT2D eigenvalue weighted by Gasteiger charge is -2.33. The fourth-order valence-corrected chi connectivity index (χ4v) is 10.0. The van der Waals surface area contributed by atoms with Crippen LogP contribution in [-0.4, -0.2) is 9.97 Å². The molecular formula is C59H38N2. The normalized spacial score (nSPS) is 12.7. The van der Waals surface area contributed by atoms with Gasteiger partial charge in [-0.3, -0.25) is 0 Å². The van der Waals surface area contributed by atoms with Crippen LogP contribution >= 0.6 is 0 Å². The third-order valence-electron chi connectivity index (χ3n) is 12.7. The van der Waals surface area contributed by atoms with Crippen molar-refractivity contribution < 1.29 is 0 Å². The summed E-state index contributed by atoms with van der Waals surface area (Å²) in [6.07, 6.45) is 0. The van der Waals surface area contributed by atoms with Crippen LogP contribution in [0.5, 0.6) is 0 Å². The van der Waals surface area contributed by atoms with E-state index in [-0.39, 0.29) is 0 Å². The summed E-state index contributed by atoms with van der Waals surface area (Å²) in [7, 11) is 0. The maximum Gasteiger partial charge on any atom is 0.160 e. The molecule has 0 radical (unpaired) electrons. The lowest BCUT2D eigenvalue weighted by Crippen LogP contribution is -2.28. The number of hydrogen-bond acceptors (Lipinski definition) is 2. The molecule has 0 spiro atoms. The van der Waals surface area contributed by atoms with Crippen LogP contribution in [0.2, 0.25) is 0 Å². The van der Waals surface area contributed by atoms with E-state index in [4.69, 9.17) is 9.97 Å². The maximum atomic E-state index is 5.45. The summed E-state index contributed by atoms with van der Waals surface area (Å²) in [5, 5.41) is 7.40. The lowest BCUT2D eigenvalue weighted by molar-refractivity contribution is 0.768. The van der Waals surface area contributed by atoms with Crippen molar-refractivity contribution in [3.05, 3.63) is 253 Å². The molecule has 0 amide bonds. The molecule has 0 fully saturated rings. The van der Waals surface area contributed by atoms with E-state index in [1.165, 1.54) is 71.3 Å². The number of rotatable bonds is 6. The molecule has 1 aliphatic rings. The number of aromatic nitrogens is 2. The molecule has 284 valence electrons. The molecule has 2 heteroatoms. The molecule has 1 heterocycles. The predicted molar refractivity (Wildman–Crippen MR) is 254 cm³/mol. The van der Waals surface area contributed by atoms with Gasteiger partial charge in [0.1, 0.15) is 0 Å². The Balaban J connectivity index is 1.09. The first-order valence-electron chi connectivity index (χ1n) is 21.0. The molecule has 1 aliphatic carbocycles. The zero-order valence-corrected chi connectivity index (χ0v) is 33.3. The second-order valence-corrected chi connectivity index (χ2v) is 16.0. The molecule has 0 saturated carbocycles. The molecule has 0 bridgehead atoms. The zero-order chi connectivity index (χ0) is 40.3.